The molecule has 0 amide bonds. The molecule has 0 saturated heterocycles. The molecule has 0 bridgehead atoms. The van der Waals surface area contributed by atoms with Crippen LogP contribution in [0.4, 0.5) is 0 Å². The van der Waals surface area contributed by atoms with Crippen molar-refractivity contribution in [2.24, 2.45) is 0 Å². The largest absolute Gasteiger partial charge is 0.311 e. The first kappa shape index (κ1) is 15.2. The number of hydrogen-bond acceptors (Lipinski definition) is 4. The second-order valence-electron chi connectivity index (χ2n) is 4.33. The minimum Gasteiger partial charge on any atom is -0.311 e. The molecule has 108 valence electrons. The Morgan fingerprint density at radius 2 is 1.85 bits per heavy atom. The number of sulfonamides is 1. The monoisotopic (exact) mass is 310 g/mol. The summed E-state index contributed by atoms with van der Waals surface area (Å²) in [6.45, 7) is 1.14. The molecule has 0 fully saturated rings. The van der Waals surface area contributed by atoms with Crippen molar-refractivity contribution >= 4 is 21.4 Å². The van der Waals surface area contributed by atoms with Gasteiger partial charge in [-0.2, -0.15) is 0 Å². The van der Waals surface area contributed by atoms with Gasteiger partial charge in [0.15, 0.2) is 0 Å². The molecule has 1 heterocycles. The number of hydrogen-bond donors (Lipinski definition) is 2. The van der Waals surface area contributed by atoms with Crippen molar-refractivity contribution in [3.63, 3.8) is 0 Å². The van der Waals surface area contributed by atoms with Crippen molar-refractivity contribution in [2.45, 2.75) is 6.54 Å². The fourth-order valence-corrected chi connectivity index (χ4v) is 3.35. The minimum atomic E-state index is -3.12. The lowest BCUT2D eigenvalue weighted by atomic mass is 10.2. The third-order valence-electron chi connectivity index (χ3n) is 2.88. The predicted octanol–water partition coefficient (Wildman–Crippen LogP) is 2.05. The first-order valence-electron chi connectivity index (χ1n) is 6.37. The SMILES string of the molecule is CNS(=O)(=O)CCNCc1ccc(-c2ccccc2)s1. The zero-order valence-electron chi connectivity index (χ0n) is 11.3. The summed E-state index contributed by atoms with van der Waals surface area (Å²) < 4.78 is 24.8. The molecule has 4 nitrogen and oxygen atoms in total. The van der Waals surface area contributed by atoms with Crippen LogP contribution < -0.4 is 10.0 Å². The van der Waals surface area contributed by atoms with E-state index >= 15 is 0 Å². The van der Waals surface area contributed by atoms with E-state index in [0.29, 0.717) is 13.1 Å². The maximum atomic E-state index is 11.3. The molecule has 0 saturated carbocycles. The average Bonchev–Trinajstić information content (AvgIpc) is 2.93. The molecule has 0 aliphatic rings. The first-order valence-corrected chi connectivity index (χ1v) is 8.84. The van der Waals surface area contributed by atoms with Gasteiger partial charge >= 0.3 is 0 Å². The summed E-state index contributed by atoms with van der Waals surface area (Å²) >= 11 is 1.72. The molecule has 0 aliphatic carbocycles. The van der Waals surface area contributed by atoms with Crippen LogP contribution in [0.25, 0.3) is 10.4 Å². The summed E-state index contributed by atoms with van der Waals surface area (Å²) in [6, 6.07) is 14.4. The van der Waals surface area contributed by atoms with Gasteiger partial charge in [-0.25, -0.2) is 13.1 Å². The highest BCUT2D eigenvalue weighted by Gasteiger charge is 2.06. The van der Waals surface area contributed by atoms with E-state index < -0.39 is 10.0 Å². The highest BCUT2D eigenvalue weighted by molar-refractivity contribution is 7.89. The number of nitrogens with one attached hydrogen (secondary N) is 2. The second-order valence-corrected chi connectivity index (χ2v) is 7.55. The van der Waals surface area contributed by atoms with Gasteiger partial charge in [0.2, 0.25) is 10.0 Å². The van der Waals surface area contributed by atoms with Crippen molar-refractivity contribution in [3.05, 3.63) is 47.3 Å². The van der Waals surface area contributed by atoms with E-state index in [1.165, 1.54) is 22.4 Å². The Labute approximate surface area is 123 Å². The first-order chi connectivity index (χ1) is 9.61. The second kappa shape index (κ2) is 6.99. The van der Waals surface area contributed by atoms with Gasteiger partial charge in [0.05, 0.1) is 5.75 Å². The molecule has 0 unspecified atom stereocenters. The Balaban J connectivity index is 1.85. The van der Waals surface area contributed by atoms with Gasteiger partial charge in [-0.15, -0.1) is 11.3 Å². The van der Waals surface area contributed by atoms with Gasteiger partial charge in [0, 0.05) is 22.8 Å². The Hall–Kier alpha value is -1.21. The third kappa shape index (κ3) is 4.42. The maximum absolute atomic E-state index is 11.3. The van der Waals surface area contributed by atoms with E-state index in [4.69, 9.17) is 0 Å². The van der Waals surface area contributed by atoms with Gasteiger partial charge < -0.3 is 5.32 Å². The standard InChI is InChI=1S/C14H18N2O2S2/c1-15-20(17,18)10-9-16-11-13-7-8-14(19-13)12-5-3-2-4-6-12/h2-8,15-16H,9-11H2,1H3. The van der Waals surface area contributed by atoms with Gasteiger partial charge in [-0.05, 0) is 24.7 Å². The quantitative estimate of drug-likeness (QED) is 0.770. The molecule has 0 atom stereocenters. The van der Waals surface area contributed by atoms with Crippen molar-refractivity contribution in [2.75, 3.05) is 19.3 Å². The van der Waals surface area contributed by atoms with Crippen molar-refractivity contribution < 1.29 is 8.42 Å². The van der Waals surface area contributed by atoms with E-state index in [0.717, 1.165) is 0 Å². The molecular weight excluding hydrogens is 292 g/mol. The molecule has 1 aromatic carbocycles. The summed E-state index contributed by atoms with van der Waals surface area (Å²) in [5.74, 6) is 0.0976. The Kier molecular flexibility index (Phi) is 5.31. The highest BCUT2D eigenvalue weighted by Crippen LogP contribution is 2.27. The van der Waals surface area contributed by atoms with Crippen LogP contribution in [0.1, 0.15) is 4.88 Å². The zero-order valence-corrected chi connectivity index (χ0v) is 12.9. The molecule has 2 N–H and O–H groups in total. The van der Waals surface area contributed by atoms with E-state index in [9.17, 15) is 8.42 Å². The van der Waals surface area contributed by atoms with Crippen LogP contribution in [-0.4, -0.2) is 27.8 Å². The number of benzene rings is 1. The number of rotatable bonds is 7. The Morgan fingerprint density at radius 1 is 1.10 bits per heavy atom. The zero-order chi connectivity index (χ0) is 14.4. The molecular formula is C14H18N2O2S2. The highest BCUT2D eigenvalue weighted by atomic mass is 32.2. The van der Waals surface area contributed by atoms with E-state index in [-0.39, 0.29) is 5.75 Å². The minimum absolute atomic E-state index is 0.0976. The van der Waals surface area contributed by atoms with Crippen LogP contribution in [0.15, 0.2) is 42.5 Å². The van der Waals surface area contributed by atoms with E-state index in [1.54, 1.807) is 11.3 Å². The summed E-state index contributed by atoms with van der Waals surface area (Å²) in [7, 11) is -1.69. The molecule has 0 aliphatic heterocycles. The van der Waals surface area contributed by atoms with Crippen LogP contribution in [-0.2, 0) is 16.6 Å². The summed E-state index contributed by atoms with van der Waals surface area (Å²) in [6.07, 6.45) is 0. The molecule has 1 aromatic heterocycles. The lowest BCUT2D eigenvalue weighted by Crippen LogP contribution is -2.29. The lowest BCUT2D eigenvalue weighted by Gasteiger charge is -2.03. The number of thiophene rings is 1. The topological polar surface area (TPSA) is 58.2 Å². The van der Waals surface area contributed by atoms with E-state index in [1.807, 2.05) is 18.2 Å². The van der Waals surface area contributed by atoms with Crippen LogP contribution in [0.2, 0.25) is 0 Å². The van der Waals surface area contributed by atoms with Gasteiger partial charge in [0.1, 0.15) is 0 Å². The third-order valence-corrected chi connectivity index (χ3v) is 5.38. The normalized spacial score (nSPS) is 11.7. The Bertz CT molecular complexity index is 636. The van der Waals surface area contributed by atoms with Crippen molar-refractivity contribution in [3.8, 4) is 10.4 Å². The van der Waals surface area contributed by atoms with Crippen molar-refractivity contribution in [1.82, 2.24) is 10.0 Å². The molecule has 2 aromatic rings. The van der Waals surface area contributed by atoms with Gasteiger partial charge in [0.25, 0.3) is 0 Å². The van der Waals surface area contributed by atoms with E-state index in [2.05, 4.69) is 34.3 Å². The lowest BCUT2D eigenvalue weighted by molar-refractivity contribution is 0.583. The molecule has 0 spiro atoms. The predicted molar refractivity (Wildman–Crippen MR) is 84.3 cm³/mol. The van der Waals surface area contributed by atoms with Crippen LogP contribution in [0, 0.1) is 0 Å². The average molecular weight is 310 g/mol. The van der Waals surface area contributed by atoms with Gasteiger partial charge in [-0.3, -0.25) is 0 Å². The van der Waals surface area contributed by atoms with Crippen LogP contribution >= 0.6 is 11.3 Å². The molecule has 20 heavy (non-hydrogen) atoms. The van der Waals surface area contributed by atoms with Crippen molar-refractivity contribution in [1.29, 1.82) is 0 Å². The fraction of sp³-hybridized carbons (Fsp3) is 0.286. The van der Waals surface area contributed by atoms with Crippen LogP contribution in [0.3, 0.4) is 0 Å². The fourth-order valence-electron chi connectivity index (χ4n) is 1.75. The molecule has 6 heteroatoms. The summed E-state index contributed by atoms with van der Waals surface area (Å²) in [5, 5.41) is 3.15. The molecule has 0 radical (unpaired) electrons. The summed E-state index contributed by atoms with van der Waals surface area (Å²) in [5.41, 5.74) is 1.21. The van der Waals surface area contributed by atoms with Crippen LogP contribution in [0.5, 0.6) is 0 Å². The smallest absolute Gasteiger partial charge is 0.212 e. The van der Waals surface area contributed by atoms with Gasteiger partial charge in [-0.1, -0.05) is 30.3 Å². The molecule has 2 rings (SSSR count). The maximum Gasteiger partial charge on any atom is 0.212 e. The Morgan fingerprint density at radius 3 is 2.55 bits per heavy atom. The summed E-state index contributed by atoms with van der Waals surface area (Å²) in [4.78, 5) is 2.43.